The summed E-state index contributed by atoms with van der Waals surface area (Å²) in [5, 5.41) is 0. The average Bonchev–Trinajstić information content (AvgIpc) is 3.77. The van der Waals surface area contributed by atoms with Crippen molar-refractivity contribution in [3.63, 3.8) is 0 Å². The molecular weight excluding hydrogens is 480 g/mol. The summed E-state index contributed by atoms with van der Waals surface area (Å²) in [4.78, 5) is 69.0. The molecule has 7 heteroatoms. The highest BCUT2D eigenvalue weighted by atomic mass is 16.2. The lowest BCUT2D eigenvalue weighted by molar-refractivity contribution is -0.124. The fourth-order valence-electron chi connectivity index (χ4n) is 8.05. The molecule has 2 aromatic rings. The Hall–Kier alpha value is -4.13. The van der Waals surface area contributed by atoms with Gasteiger partial charge < -0.3 is 0 Å². The van der Waals surface area contributed by atoms with Crippen molar-refractivity contribution in [1.82, 2.24) is 0 Å². The van der Waals surface area contributed by atoms with Crippen LogP contribution < -0.4 is 9.80 Å². The minimum absolute atomic E-state index is 0.112. The lowest BCUT2D eigenvalue weighted by Gasteiger charge is -2.19. The van der Waals surface area contributed by atoms with E-state index >= 15 is 0 Å². The van der Waals surface area contributed by atoms with E-state index in [1.165, 1.54) is 9.80 Å². The quantitative estimate of drug-likeness (QED) is 0.361. The zero-order valence-electron chi connectivity index (χ0n) is 20.4. The number of hydrogen-bond donors (Lipinski definition) is 0. The zero-order valence-corrected chi connectivity index (χ0v) is 20.4. The summed E-state index contributed by atoms with van der Waals surface area (Å²) in [6.07, 6.45) is 9.93. The second kappa shape index (κ2) is 7.47. The summed E-state index contributed by atoms with van der Waals surface area (Å²) in [6, 6.07) is 13.2. The molecule has 6 aliphatic rings. The highest BCUT2D eigenvalue weighted by Crippen LogP contribution is 2.54. The van der Waals surface area contributed by atoms with E-state index in [0.29, 0.717) is 22.5 Å². The number of imide groups is 2. The molecule has 2 heterocycles. The van der Waals surface area contributed by atoms with Gasteiger partial charge in [-0.1, -0.05) is 48.6 Å². The molecule has 0 aromatic heterocycles. The van der Waals surface area contributed by atoms with Crippen LogP contribution in [0.1, 0.15) is 28.8 Å². The predicted molar refractivity (Wildman–Crippen MR) is 137 cm³/mol. The van der Waals surface area contributed by atoms with Crippen LogP contribution >= 0.6 is 0 Å². The van der Waals surface area contributed by atoms with Gasteiger partial charge in [0.25, 0.3) is 0 Å². The van der Waals surface area contributed by atoms with Gasteiger partial charge in [0.15, 0.2) is 5.78 Å². The van der Waals surface area contributed by atoms with Crippen LogP contribution in [0.3, 0.4) is 0 Å². The largest absolute Gasteiger partial charge is 0.289 e. The van der Waals surface area contributed by atoms with Crippen LogP contribution in [0.15, 0.2) is 72.8 Å². The first-order valence-corrected chi connectivity index (χ1v) is 13.3. The number of carbonyl (C=O) groups excluding carboxylic acids is 5. The van der Waals surface area contributed by atoms with Gasteiger partial charge in [-0.15, -0.1) is 0 Å². The molecule has 2 saturated heterocycles. The van der Waals surface area contributed by atoms with Crippen LogP contribution in [0.5, 0.6) is 0 Å². The normalized spacial score (nSPS) is 35.7. The van der Waals surface area contributed by atoms with Gasteiger partial charge in [-0.25, -0.2) is 9.80 Å². The van der Waals surface area contributed by atoms with Crippen molar-refractivity contribution in [2.75, 3.05) is 9.80 Å². The van der Waals surface area contributed by atoms with Crippen molar-refractivity contribution in [2.24, 2.45) is 47.3 Å². The Labute approximate surface area is 218 Å². The summed E-state index contributed by atoms with van der Waals surface area (Å²) in [7, 11) is 0. The van der Waals surface area contributed by atoms with E-state index in [1.807, 2.05) is 0 Å². The summed E-state index contributed by atoms with van der Waals surface area (Å²) < 4.78 is 0. The lowest BCUT2D eigenvalue weighted by atomic mass is 9.85. The number of carbonyl (C=O) groups is 5. The summed E-state index contributed by atoms with van der Waals surface area (Å²) in [6.45, 7) is 0. The van der Waals surface area contributed by atoms with Crippen molar-refractivity contribution in [3.8, 4) is 0 Å². The number of amides is 4. The molecule has 2 aromatic carbocycles. The molecule has 0 radical (unpaired) electrons. The SMILES string of the molecule is O=C(c1cccc(N2C(=O)[C@@H]3[C@@H](C2=O)[C@H]2C=C[C@H]3C2)c1)c1cccc(N2C(=O)[C@@H]3[C@H](C2=O)[C@@H]2C=C[C@H]3C2)c1. The molecule has 0 N–H and O–H groups in total. The van der Waals surface area contributed by atoms with Gasteiger partial charge in [-0.3, -0.25) is 24.0 Å². The average molecular weight is 505 g/mol. The summed E-state index contributed by atoms with van der Waals surface area (Å²) in [5.74, 6) is -1.87. The maximum absolute atomic E-state index is 13.5. The molecule has 188 valence electrons. The first-order valence-electron chi connectivity index (χ1n) is 13.3. The Bertz CT molecular complexity index is 1380. The Morgan fingerprint density at radius 1 is 0.553 bits per heavy atom. The van der Waals surface area contributed by atoms with E-state index < -0.39 is 0 Å². The molecule has 4 bridgehead atoms. The second-order valence-electron chi connectivity index (χ2n) is 11.5. The van der Waals surface area contributed by atoms with Gasteiger partial charge in [-0.05, 0) is 60.8 Å². The van der Waals surface area contributed by atoms with Crippen LogP contribution in [-0.2, 0) is 19.2 Å². The topological polar surface area (TPSA) is 91.8 Å². The minimum Gasteiger partial charge on any atom is -0.289 e. The molecule has 8 rings (SSSR count). The van der Waals surface area contributed by atoms with E-state index in [0.717, 1.165) is 12.8 Å². The number of fused-ring (bicyclic) bond motifs is 10. The molecule has 2 aliphatic heterocycles. The van der Waals surface area contributed by atoms with E-state index in [4.69, 9.17) is 0 Å². The van der Waals surface area contributed by atoms with Crippen molar-refractivity contribution in [3.05, 3.63) is 84.0 Å². The number of nitrogens with zero attached hydrogens (tertiary/aromatic N) is 2. The van der Waals surface area contributed by atoms with E-state index in [2.05, 4.69) is 24.3 Å². The van der Waals surface area contributed by atoms with Crippen LogP contribution in [-0.4, -0.2) is 29.4 Å². The number of rotatable bonds is 4. The summed E-state index contributed by atoms with van der Waals surface area (Å²) >= 11 is 0. The molecular formula is C31H24N2O5. The molecule has 8 atom stereocenters. The molecule has 4 fully saturated rings. The van der Waals surface area contributed by atoms with Crippen LogP contribution in [0.25, 0.3) is 0 Å². The predicted octanol–water partition coefficient (Wildman–Crippen LogP) is 3.54. The van der Waals surface area contributed by atoms with Gasteiger partial charge in [0.1, 0.15) is 0 Å². The fourth-order valence-corrected chi connectivity index (χ4v) is 8.05. The first kappa shape index (κ1) is 21.9. The molecule has 4 aliphatic carbocycles. The Morgan fingerprint density at radius 3 is 1.24 bits per heavy atom. The number of benzene rings is 2. The Kier molecular flexibility index (Phi) is 4.30. The maximum Gasteiger partial charge on any atom is 0.238 e. The van der Waals surface area contributed by atoms with Gasteiger partial charge >= 0.3 is 0 Å². The van der Waals surface area contributed by atoms with Crippen molar-refractivity contribution < 1.29 is 24.0 Å². The molecule has 7 nitrogen and oxygen atoms in total. The van der Waals surface area contributed by atoms with Gasteiger partial charge in [0.05, 0.1) is 35.0 Å². The van der Waals surface area contributed by atoms with Crippen LogP contribution in [0.4, 0.5) is 11.4 Å². The number of ketones is 1. The van der Waals surface area contributed by atoms with Crippen molar-refractivity contribution >= 4 is 40.8 Å². The number of anilines is 2. The molecule has 38 heavy (non-hydrogen) atoms. The Morgan fingerprint density at radius 2 is 0.895 bits per heavy atom. The molecule has 0 spiro atoms. The third-order valence-corrected chi connectivity index (χ3v) is 9.67. The van der Waals surface area contributed by atoms with Gasteiger partial charge in [0.2, 0.25) is 23.6 Å². The Balaban J connectivity index is 1.08. The highest BCUT2D eigenvalue weighted by molar-refractivity contribution is 6.24. The maximum atomic E-state index is 13.5. The number of hydrogen-bond acceptors (Lipinski definition) is 5. The molecule has 2 saturated carbocycles. The fraction of sp³-hybridized carbons (Fsp3) is 0.323. The number of allylic oxidation sites excluding steroid dienone is 4. The van der Waals surface area contributed by atoms with Crippen molar-refractivity contribution in [2.45, 2.75) is 12.8 Å². The standard InChI is InChI=1S/C31H24N2O5/c34-27(19-3-1-5-21(13-19)32-28(35)23-15-7-8-16(11-15)24(23)29(32)36)20-4-2-6-22(14-20)33-30(37)25-17-9-10-18(12-17)26(25)31(33)38/h1-10,13-18,23-26H,11-12H2/t15-,16-,17-,18+,23-,24-,25-,26+/m0/s1. The summed E-state index contributed by atoms with van der Waals surface area (Å²) in [5.41, 5.74) is 1.46. The van der Waals surface area contributed by atoms with E-state index in [1.54, 1.807) is 48.5 Å². The van der Waals surface area contributed by atoms with E-state index in [9.17, 15) is 24.0 Å². The van der Waals surface area contributed by atoms with Crippen molar-refractivity contribution in [1.29, 1.82) is 0 Å². The zero-order chi connectivity index (χ0) is 25.9. The van der Waals surface area contributed by atoms with Crippen LogP contribution in [0.2, 0.25) is 0 Å². The third kappa shape index (κ3) is 2.71. The first-order chi connectivity index (χ1) is 18.4. The molecule has 0 unspecified atom stereocenters. The monoisotopic (exact) mass is 504 g/mol. The molecule has 4 amide bonds. The van der Waals surface area contributed by atoms with Gasteiger partial charge in [-0.2, -0.15) is 0 Å². The smallest absolute Gasteiger partial charge is 0.238 e. The van der Waals surface area contributed by atoms with E-state index in [-0.39, 0.29) is 76.8 Å². The minimum atomic E-state index is -0.311. The highest BCUT2D eigenvalue weighted by Gasteiger charge is 2.60. The van der Waals surface area contributed by atoms with Gasteiger partial charge in [0, 0.05) is 11.1 Å². The third-order valence-electron chi connectivity index (χ3n) is 9.67. The lowest BCUT2D eigenvalue weighted by Crippen LogP contribution is -2.33. The van der Waals surface area contributed by atoms with Crippen LogP contribution in [0, 0.1) is 47.3 Å². The second-order valence-corrected chi connectivity index (χ2v) is 11.5.